The van der Waals surface area contributed by atoms with Crippen molar-refractivity contribution in [1.82, 2.24) is 4.90 Å². The summed E-state index contributed by atoms with van der Waals surface area (Å²) in [6.45, 7) is 6.55. The number of ether oxygens (including phenoxy) is 4. The second kappa shape index (κ2) is 19.1. The first-order chi connectivity index (χ1) is 29.2. The molecule has 2 heterocycles. The van der Waals surface area contributed by atoms with Gasteiger partial charge in [0.05, 0.1) is 23.2 Å². The molecular formula is C46H53N3O11. The molecule has 0 saturated heterocycles. The molecule has 1 saturated carbocycles. The summed E-state index contributed by atoms with van der Waals surface area (Å²) in [6.07, 6.45) is 11.5. The Morgan fingerprint density at radius 3 is 2.50 bits per heavy atom. The molecule has 318 valence electrons. The van der Waals surface area contributed by atoms with Gasteiger partial charge in [-0.1, -0.05) is 36.2 Å². The van der Waals surface area contributed by atoms with E-state index in [-0.39, 0.29) is 74.7 Å². The average molecular weight is 824 g/mol. The molecule has 0 bridgehead atoms. The number of nitro groups is 1. The summed E-state index contributed by atoms with van der Waals surface area (Å²) in [5.74, 6) is -0.950. The molecule has 1 fully saturated rings. The van der Waals surface area contributed by atoms with Crippen LogP contribution >= 0.6 is 0 Å². The van der Waals surface area contributed by atoms with Gasteiger partial charge in [0.25, 0.3) is 5.69 Å². The zero-order valence-electron chi connectivity index (χ0n) is 33.8. The van der Waals surface area contributed by atoms with Crippen molar-refractivity contribution >= 4 is 23.4 Å². The van der Waals surface area contributed by atoms with E-state index < -0.39 is 22.7 Å². The van der Waals surface area contributed by atoms with E-state index in [1.165, 1.54) is 18.2 Å². The molecule has 60 heavy (non-hydrogen) atoms. The summed E-state index contributed by atoms with van der Waals surface area (Å²) in [5, 5.41) is 46.7. The van der Waals surface area contributed by atoms with Crippen LogP contribution in [0.5, 0.6) is 23.0 Å². The van der Waals surface area contributed by atoms with Gasteiger partial charge in [0.15, 0.2) is 11.5 Å². The molecule has 2 aliphatic heterocycles. The number of aliphatic hydroxyl groups is 2. The molecule has 14 heteroatoms. The lowest BCUT2D eigenvalue weighted by Crippen LogP contribution is -2.70. The number of allylic oxidation sites excluding steroid dienone is 1. The molecule has 3 aromatic carbocycles. The van der Waals surface area contributed by atoms with E-state index in [4.69, 9.17) is 28.9 Å². The molecule has 3 aromatic rings. The molecule has 6 atom stereocenters. The number of non-ortho nitro benzene ring substituents is 1. The van der Waals surface area contributed by atoms with Crippen molar-refractivity contribution in [2.75, 3.05) is 33.2 Å². The van der Waals surface area contributed by atoms with Crippen molar-refractivity contribution < 1.29 is 48.8 Å². The Hall–Kier alpha value is -5.70. The van der Waals surface area contributed by atoms with Gasteiger partial charge in [-0.15, -0.1) is 6.58 Å². The maximum atomic E-state index is 15.0. The van der Waals surface area contributed by atoms with Gasteiger partial charge < -0.3 is 44.0 Å². The maximum Gasteiger partial charge on any atom is 0.269 e. The lowest BCUT2D eigenvalue weighted by atomic mass is 9.55. The van der Waals surface area contributed by atoms with Crippen molar-refractivity contribution in [1.29, 1.82) is 0 Å². The van der Waals surface area contributed by atoms with Crippen molar-refractivity contribution in [3.8, 4) is 23.0 Å². The van der Waals surface area contributed by atoms with Gasteiger partial charge in [-0.05, 0) is 110 Å². The van der Waals surface area contributed by atoms with Crippen molar-refractivity contribution in [2.45, 2.75) is 76.2 Å². The normalized spacial score (nSPS) is 24.3. The standard InChI is InChI=1S/C46H53N3O11/c1-3-23-58-46-42(48(28-31-13-18-40-41(24-31)57-29-56-40)43(53)20-14-30-11-15-33(16-12-30)49(54)55)27-38(47-59-4-2)36-25-32(9-5-7-21-50)35(10-6-8-22-51)44(45(36)46)37-26-34(52)17-19-39(37)60-46/h3,11-20,24-26,32,35,42,44-45,50-52H,1,4-10,21-23,27-29H2,2H3. The van der Waals surface area contributed by atoms with E-state index in [1.807, 2.05) is 25.1 Å². The van der Waals surface area contributed by atoms with Gasteiger partial charge in [-0.25, -0.2) is 0 Å². The largest absolute Gasteiger partial charge is 0.508 e. The van der Waals surface area contributed by atoms with Gasteiger partial charge >= 0.3 is 0 Å². The second-order valence-electron chi connectivity index (χ2n) is 15.5. The molecule has 0 radical (unpaired) electrons. The molecule has 7 rings (SSSR count). The molecule has 14 nitrogen and oxygen atoms in total. The number of amides is 1. The molecule has 0 aromatic heterocycles. The number of unbranched alkanes of at least 4 members (excludes halogenated alkanes) is 2. The van der Waals surface area contributed by atoms with E-state index in [9.17, 15) is 30.2 Å². The predicted molar refractivity (Wildman–Crippen MR) is 223 cm³/mol. The highest BCUT2D eigenvalue weighted by molar-refractivity contribution is 6.03. The summed E-state index contributed by atoms with van der Waals surface area (Å²) in [4.78, 5) is 33.4. The Labute approximate surface area is 349 Å². The number of nitrogens with zero attached hydrogens (tertiary/aromatic N) is 3. The van der Waals surface area contributed by atoms with E-state index in [2.05, 4.69) is 12.7 Å². The van der Waals surface area contributed by atoms with Crippen LogP contribution < -0.4 is 14.2 Å². The number of aliphatic hydroxyl groups excluding tert-OH is 2. The Kier molecular flexibility index (Phi) is 13.5. The third kappa shape index (κ3) is 8.77. The number of rotatable bonds is 19. The summed E-state index contributed by atoms with van der Waals surface area (Å²) in [7, 11) is 0. The van der Waals surface area contributed by atoms with Crippen molar-refractivity contribution in [2.24, 2.45) is 22.9 Å². The third-order valence-corrected chi connectivity index (χ3v) is 11.9. The monoisotopic (exact) mass is 823 g/mol. The van der Waals surface area contributed by atoms with E-state index in [1.54, 1.807) is 47.4 Å². The number of fused-ring (bicyclic) bond motifs is 3. The zero-order chi connectivity index (χ0) is 42.2. The quantitative estimate of drug-likeness (QED) is 0.0360. The number of hydrogen-bond donors (Lipinski definition) is 3. The molecule has 4 aliphatic rings. The second-order valence-corrected chi connectivity index (χ2v) is 15.5. The molecule has 0 spiro atoms. The van der Waals surface area contributed by atoms with Crippen molar-refractivity contribution in [3.63, 3.8) is 0 Å². The molecule has 1 amide bonds. The van der Waals surface area contributed by atoms with Crippen LogP contribution in [-0.4, -0.2) is 81.8 Å². The van der Waals surface area contributed by atoms with E-state index in [0.717, 1.165) is 42.4 Å². The minimum Gasteiger partial charge on any atom is -0.508 e. The predicted octanol–water partition coefficient (Wildman–Crippen LogP) is 7.42. The molecular weight excluding hydrogens is 771 g/mol. The number of phenolic OH excluding ortho intramolecular Hbond substituents is 1. The number of hydrogen-bond acceptors (Lipinski definition) is 12. The fourth-order valence-electron chi connectivity index (χ4n) is 9.35. The van der Waals surface area contributed by atoms with Gasteiger partial charge in [0.2, 0.25) is 18.5 Å². The van der Waals surface area contributed by atoms with Crippen LogP contribution in [0.2, 0.25) is 0 Å². The first-order valence-corrected chi connectivity index (χ1v) is 20.7. The minimum atomic E-state index is -1.52. The maximum absolute atomic E-state index is 15.0. The van der Waals surface area contributed by atoms with Crippen LogP contribution in [-0.2, 0) is 20.9 Å². The fraction of sp³-hybridized carbons (Fsp3) is 0.435. The van der Waals surface area contributed by atoms with Crippen LogP contribution in [0.1, 0.15) is 74.5 Å². The van der Waals surface area contributed by atoms with Crippen molar-refractivity contribution in [3.05, 3.63) is 118 Å². The van der Waals surface area contributed by atoms with Gasteiger partial charge in [-0.2, -0.15) is 0 Å². The highest BCUT2D eigenvalue weighted by Gasteiger charge is 2.65. The first kappa shape index (κ1) is 42.4. The van der Waals surface area contributed by atoms with Crippen LogP contribution in [0.25, 0.3) is 6.08 Å². The molecule has 2 aliphatic carbocycles. The number of carbonyl (C=O) groups is 1. The number of oxime groups is 1. The lowest BCUT2D eigenvalue weighted by Gasteiger charge is -2.60. The number of benzene rings is 3. The smallest absolute Gasteiger partial charge is 0.269 e. The van der Waals surface area contributed by atoms with Gasteiger partial charge in [0, 0.05) is 55.9 Å². The first-order valence-electron chi connectivity index (χ1n) is 20.7. The summed E-state index contributed by atoms with van der Waals surface area (Å²) < 4.78 is 25.6. The van der Waals surface area contributed by atoms with E-state index in [0.29, 0.717) is 48.0 Å². The minimum absolute atomic E-state index is 0.00714. The number of phenols is 1. The van der Waals surface area contributed by atoms with Crippen LogP contribution in [0, 0.1) is 27.9 Å². The Morgan fingerprint density at radius 1 is 1.02 bits per heavy atom. The SMILES string of the molecule is C=CCOC12Oc3ccc(O)cc3C3C(CCCCO)C(CCCCO)C=C(C(=NOCC)CC1N(Cc1ccc4c(c1)OCO4)C(=O)C=Cc1ccc([N+](=O)[O-])cc1)C32. The summed E-state index contributed by atoms with van der Waals surface area (Å²) in [6, 6.07) is 15.8. The Bertz CT molecular complexity index is 2120. The zero-order valence-corrected chi connectivity index (χ0v) is 33.8. The van der Waals surface area contributed by atoms with Crippen LogP contribution in [0.3, 0.4) is 0 Å². The van der Waals surface area contributed by atoms with Gasteiger partial charge in [0.1, 0.15) is 24.1 Å². The summed E-state index contributed by atoms with van der Waals surface area (Å²) >= 11 is 0. The third-order valence-electron chi connectivity index (χ3n) is 11.9. The highest BCUT2D eigenvalue weighted by Crippen LogP contribution is 2.62. The number of aromatic hydroxyl groups is 1. The average Bonchev–Trinajstić information content (AvgIpc) is 3.73. The van der Waals surface area contributed by atoms with E-state index >= 15 is 0 Å². The highest BCUT2D eigenvalue weighted by atomic mass is 16.7. The van der Waals surface area contributed by atoms with Crippen LogP contribution in [0.15, 0.2) is 96.2 Å². The Morgan fingerprint density at radius 2 is 1.77 bits per heavy atom. The number of carbonyl (C=O) groups excluding carboxylic acids is 1. The van der Waals surface area contributed by atoms with Gasteiger partial charge in [-0.3, -0.25) is 14.9 Å². The summed E-state index contributed by atoms with van der Waals surface area (Å²) in [5.41, 5.74) is 3.62. The molecule has 3 N–H and O–H groups in total. The molecule has 6 unspecified atom stereocenters. The number of nitro benzene ring substituents is 1. The Balaban J connectivity index is 1.42. The fourth-order valence-corrected chi connectivity index (χ4v) is 9.35. The van der Waals surface area contributed by atoms with Crippen LogP contribution in [0.4, 0.5) is 5.69 Å². The lowest BCUT2D eigenvalue weighted by molar-refractivity contribution is -0.384. The topological polar surface area (TPSA) is 183 Å².